The van der Waals surface area contributed by atoms with Gasteiger partial charge in [0, 0.05) is 24.4 Å². The Bertz CT molecular complexity index is 1060. The van der Waals surface area contributed by atoms with Gasteiger partial charge in [-0.3, -0.25) is 4.90 Å². The summed E-state index contributed by atoms with van der Waals surface area (Å²) in [4.78, 5) is 19.8. The van der Waals surface area contributed by atoms with Crippen LogP contribution in [0, 0.1) is 17.3 Å². The number of alkyl carbamates (subject to hydrolysis) is 1. The molecule has 7 rings (SSSR count). The van der Waals surface area contributed by atoms with Crippen LogP contribution in [0.4, 0.5) is 4.79 Å². The van der Waals surface area contributed by atoms with Gasteiger partial charge in [0.25, 0.3) is 0 Å². The van der Waals surface area contributed by atoms with Gasteiger partial charge in [-0.25, -0.2) is 9.78 Å². The summed E-state index contributed by atoms with van der Waals surface area (Å²) in [7, 11) is 0. The average molecular weight is 462 g/mol. The Morgan fingerprint density at radius 2 is 1.91 bits per heavy atom. The summed E-state index contributed by atoms with van der Waals surface area (Å²) in [6.07, 6.45) is 7.38. The number of carbonyl (C=O) groups excluding carboxylic acids is 1. The predicted molar refractivity (Wildman–Crippen MR) is 131 cm³/mol. The molecular weight excluding hydrogens is 426 g/mol. The number of piperidine rings is 3. The van der Waals surface area contributed by atoms with Gasteiger partial charge in [0.1, 0.15) is 6.10 Å². The van der Waals surface area contributed by atoms with Crippen LogP contribution in [0.15, 0.2) is 36.5 Å². The monoisotopic (exact) mass is 461 g/mol. The molecular formula is C28H35N3O3. The molecule has 2 aromatic rings. The Morgan fingerprint density at radius 3 is 2.59 bits per heavy atom. The Kier molecular flexibility index (Phi) is 5.51. The minimum atomic E-state index is -0.278. The predicted octanol–water partition coefficient (Wildman–Crippen LogP) is 4.98. The molecule has 4 fully saturated rings. The summed E-state index contributed by atoms with van der Waals surface area (Å²) in [5.74, 6) is 1.93. The van der Waals surface area contributed by atoms with Crippen molar-refractivity contribution in [3.63, 3.8) is 0 Å². The van der Waals surface area contributed by atoms with E-state index in [0.717, 1.165) is 62.5 Å². The number of amides is 1. The van der Waals surface area contributed by atoms with E-state index in [-0.39, 0.29) is 23.7 Å². The smallest absolute Gasteiger partial charge is 0.407 e. The molecule has 0 radical (unpaired) electrons. The van der Waals surface area contributed by atoms with Gasteiger partial charge in [0.05, 0.1) is 12.6 Å². The molecule has 1 N–H and O–H groups in total. The van der Waals surface area contributed by atoms with E-state index in [9.17, 15) is 4.79 Å². The number of hydrogen-bond acceptors (Lipinski definition) is 5. The zero-order valence-electron chi connectivity index (χ0n) is 20.3. The first-order valence-corrected chi connectivity index (χ1v) is 12.9. The summed E-state index contributed by atoms with van der Waals surface area (Å²) >= 11 is 0. The molecule has 180 valence electrons. The Morgan fingerprint density at radius 1 is 1.12 bits per heavy atom. The molecule has 34 heavy (non-hydrogen) atoms. The van der Waals surface area contributed by atoms with Gasteiger partial charge in [-0.05, 0) is 85.2 Å². The number of rotatable bonds is 6. The topological polar surface area (TPSA) is 63.7 Å². The molecule has 6 nitrogen and oxygen atoms in total. The highest BCUT2D eigenvalue weighted by Crippen LogP contribution is 2.46. The molecule has 0 spiro atoms. The molecule has 6 heteroatoms. The van der Waals surface area contributed by atoms with E-state index in [1.54, 1.807) is 0 Å². The maximum atomic E-state index is 12.9. The Hall–Kier alpha value is -2.60. The summed E-state index contributed by atoms with van der Waals surface area (Å²) in [6, 6.07) is 10.5. The number of hydrogen-bond donors (Lipinski definition) is 1. The molecule has 2 atom stereocenters. The van der Waals surface area contributed by atoms with Gasteiger partial charge in [-0.15, -0.1) is 0 Å². The minimum absolute atomic E-state index is 0.0255. The van der Waals surface area contributed by atoms with Crippen LogP contribution in [0.1, 0.15) is 56.7 Å². The molecule has 1 aromatic carbocycles. The lowest BCUT2D eigenvalue weighted by Crippen LogP contribution is -2.53. The van der Waals surface area contributed by atoms with Crippen LogP contribution in [0.3, 0.4) is 0 Å². The number of nitrogens with zero attached hydrogens (tertiary/aromatic N) is 2. The number of ether oxygens (including phenoxy) is 2. The third-order valence-electron chi connectivity index (χ3n) is 8.23. The highest BCUT2D eigenvalue weighted by Gasteiger charge is 2.42. The molecule has 1 saturated carbocycles. The first-order chi connectivity index (χ1) is 16.4. The van der Waals surface area contributed by atoms with Crippen LogP contribution in [0.25, 0.3) is 11.1 Å². The second-order valence-electron chi connectivity index (χ2n) is 11.4. The third kappa shape index (κ3) is 4.40. The van der Waals surface area contributed by atoms with Crippen LogP contribution in [-0.4, -0.2) is 48.3 Å². The standard InChI is InChI=1S/C28H35N3O3/c1-28(2)14-22-13-20(21-6-8-25(29-15-21)33-17-18-3-4-18)5-7-23(22)26(28)30-27(32)34-24-16-31-11-9-19(24)10-12-31/h5-8,13,15,18-19,24,26H,3-4,9-12,14,16-17H2,1-2H3,(H,30,32)/t24-,26?/m1/s1. The average Bonchev–Trinajstić information content (AvgIpc) is 3.63. The number of aromatic nitrogens is 1. The lowest BCUT2D eigenvalue weighted by Gasteiger charge is -2.44. The van der Waals surface area contributed by atoms with Crippen molar-refractivity contribution in [2.45, 2.75) is 58.1 Å². The summed E-state index contributed by atoms with van der Waals surface area (Å²) in [6.45, 7) is 8.38. The van der Waals surface area contributed by atoms with E-state index >= 15 is 0 Å². The first-order valence-electron chi connectivity index (χ1n) is 12.9. The van der Waals surface area contributed by atoms with Crippen LogP contribution in [-0.2, 0) is 11.2 Å². The molecule has 1 amide bonds. The number of fused-ring (bicyclic) bond motifs is 4. The summed E-state index contributed by atoms with van der Waals surface area (Å²) in [5.41, 5.74) is 4.62. The van der Waals surface area contributed by atoms with Crippen molar-refractivity contribution >= 4 is 6.09 Å². The van der Waals surface area contributed by atoms with Crippen LogP contribution in [0.5, 0.6) is 5.88 Å². The highest BCUT2D eigenvalue weighted by atomic mass is 16.6. The zero-order chi connectivity index (χ0) is 23.3. The van der Waals surface area contributed by atoms with E-state index in [4.69, 9.17) is 9.47 Å². The first kappa shape index (κ1) is 21.9. The molecule has 1 unspecified atom stereocenters. The van der Waals surface area contributed by atoms with Crippen molar-refractivity contribution in [3.05, 3.63) is 47.7 Å². The number of nitrogens with one attached hydrogen (secondary N) is 1. The second kappa shape index (κ2) is 8.56. The third-order valence-corrected chi connectivity index (χ3v) is 8.23. The van der Waals surface area contributed by atoms with E-state index in [0.29, 0.717) is 11.8 Å². The molecule has 3 saturated heterocycles. The maximum absolute atomic E-state index is 12.9. The summed E-state index contributed by atoms with van der Waals surface area (Å²) in [5, 5.41) is 3.22. The fraction of sp³-hybridized carbons (Fsp3) is 0.571. The fourth-order valence-electron chi connectivity index (χ4n) is 5.96. The molecule has 3 aliphatic heterocycles. The van der Waals surface area contributed by atoms with Gasteiger partial charge in [-0.1, -0.05) is 32.0 Å². The fourth-order valence-corrected chi connectivity index (χ4v) is 5.96. The molecule has 1 aromatic heterocycles. The van der Waals surface area contributed by atoms with Crippen LogP contribution in [0.2, 0.25) is 0 Å². The Balaban J connectivity index is 1.14. The van der Waals surface area contributed by atoms with Crippen molar-refractivity contribution in [1.82, 2.24) is 15.2 Å². The molecule has 4 heterocycles. The quantitative estimate of drug-likeness (QED) is 0.657. The van der Waals surface area contributed by atoms with E-state index < -0.39 is 0 Å². The van der Waals surface area contributed by atoms with Crippen molar-refractivity contribution in [2.24, 2.45) is 17.3 Å². The van der Waals surface area contributed by atoms with Crippen molar-refractivity contribution in [1.29, 1.82) is 0 Å². The lowest BCUT2D eigenvalue weighted by atomic mass is 9.85. The second-order valence-corrected chi connectivity index (χ2v) is 11.4. The highest BCUT2D eigenvalue weighted by molar-refractivity contribution is 5.70. The normalized spacial score (nSPS) is 28.9. The van der Waals surface area contributed by atoms with Crippen LogP contribution >= 0.6 is 0 Å². The van der Waals surface area contributed by atoms with Crippen molar-refractivity contribution in [3.8, 4) is 17.0 Å². The SMILES string of the molecule is CC1(C)Cc2cc(-c3ccc(OCC4CC4)nc3)ccc2C1NC(=O)O[C@@H]1CN2CCC1CC2. The zero-order valence-corrected chi connectivity index (χ0v) is 20.3. The van der Waals surface area contributed by atoms with Crippen molar-refractivity contribution < 1.29 is 14.3 Å². The molecule has 2 bridgehead atoms. The lowest BCUT2D eigenvalue weighted by molar-refractivity contribution is -0.0348. The molecule has 2 aliphatic carbocycles. The van der Waals surface area contributed by atoms with Gasteiger partial charge >= 0.3 is 6.09 Å². The van der Waals surface area contributed by atoms with Gasteiger partial charge in [-0.2, -0.15) is 0 Å². The summed E-state index contributed by atoms with van der Waals surface area (Å²) < 4.78 is 11.7. The van der Waals surface area contributed by atoms with E-state index in [2.05, 4.69) is 53.3 Å². The number of carbonyl (C=O) groups is 1. The minimum Gasteiger partial charge on any atom is -0.477 e. The van der Waals surface area contributed by atoms with Crippen LogP contribution < -0.4 is 10.1 Å². The number of pyridine rings is 1. The van der Waals surface area contributed by atoms with Crippen molar-refractivity contribution in [2.75, 3.05) is 26.2 Å². The molecule has 5 aliphatic rings. The Labute approximate surface area is 202 Å². The van der Waals surface area contributed by atoms with E-state index in [1.165, 1.54) is 24.0 Å². The maximum Gasteiger partial charge on any atom is 0.407 e. The van der Waals surface area contributed by atoms with E-state index in [1.807, 2.05) is 12.3 Å². The number of benzene rings is 1. The largest absolute Gasteiger partial charge is 0.477 e. The van der Waals surface area contributed by atoms with Gasteiger partial charge < -0.3 is 14.8 Å². The van der Waals surface area contributed by atoms with Gasteiger partial charge in [0.15, 0.2) is 0 Å². The van der Waals surface area contributed by atoms with Gasteiger partial charge in [0.2, 0.25) is 5.88 Å².